The van der Waals surface area contributed by atoms with Crippen molar-refractivity contribution in [3.63, 3.8) is 0 Å². The van der Waals surface area contributed by atoms with E-state index in [-0.39, 0.29) is 0 Å². The number of hydrogen-bond acceptors (Lipinski definition) is 6. The molecule has 3 heterocycles. The number of anilines is 2. The molecule has 2 fully saturated rings. The van der Waals surface area contributed by atoms with Gasteiger partial charge in [-0.25, -0.2) is 9.97 Å². The van der Waals surface area contributed by atoms with Crippen LogP contribution in [0.15, 0.2) is 12.4 Å². The van der Waals surface area contributed by atoms with Crippen molar-refractivity contribution in [2.75, 3.05) is 49.5 Å². The molecule has 2 aliphatic rings. The lowest BCUT2D eigenvalue weighted by atomic mass is 10.2. The molecule has 0 saturated carbocycles. The van der Waals surface area contributed by atoms with Crippen LogP contribution in [0.4, 0.5) is 11.6 Å². The van der Waals surface area contributed by atoms with Gasteiger partial charge in [-0.3, -0.25) is 0 Å². The standard InChI is InChI=1S/C13H21N5O/c1-2-11(19-9-1)10-17-12-13(16-4-3-15-12)18-7-5-14-6-8-18/h3-4,11,14H,1-2,5-10H2,(H,15,17). The minimum Gasteiger partial charge on any atom is -0.376 e. The Morgan fingerprint density at radius 2 is 2.16 bits per heavy atom. The summed E-state index contributed by atoms with van der Waals surface area (Å²) in [7, 11) is 0. The molecule has 6 heteroatoms. The quantitative estimate of drug-likeness (QED) is 0.824. The van der Waals surface area contributed by atoms with Gasteiger partial charge < -0.3 is 20.3 Å². The summed E-state index contributed by atoms with van der Waals surface area (Å²) in [5.41, 5.74) is 0. The monoisotopic (exact) mass is 263 g/mol. The third-order valence-corrected chi connectivity index (χ3v) is 3.62. The first kappa shape index (κ1) is 12.6. The fraction of sp³-hybridized carbons (Fsp3) is 0.692. The van der Waals surface area contributed by atoms with Crippen LogP contribution in [-0.2, 0) is 4.74 Å². The topological polar surface area (TPSA) is 62.3 Å². The van der Waals surface area contributed by atoms with Gasteiger partial charge in [0.2, 0.25) is 0 Å². The van der Waals surface area contributed by atoms with Gasteiger partial charge in [-0.15, -0.1) is 0 Å². The molecular weight excluding hydrogens is 242 g/mol. The van der Waals surface area contributed by atoms with Crippen molar-refractivity contribution < 1.29 is 4.74 Å². The first-order valence-electron chi connectivity index (χ1n) is 7.05. The van der Waals surface area contributed by atoms with Gasteiger partial charge in [-0.2, -0.15) is 0 Å². The molecule has 1 atom stereocenters. The molecule has 0 aliphatic carbocycles. The maximum absolute atomic E-state index is 5.63. The lowest BCUT2D eigenvalue weighted by molar-refractivity contribution is 0.120. The number of hydrogen-bond donors (Lipinski definition) is 2. The summed E-state index contributed by atoms with van der Waals surface area (Å²) >= 11 is 0. The van der Waals surface area contributed by atoms with Crippen LogP contribution in [0, 0.1) is 0 Å². The number of piperazine rings is 1. The molecule has 2 aliphatic heterocycles. The minimum absolute atomic E-state index is 0.317. The maximum atomic E-state index is 5.63. The first-order chi connectivity index (χ1) is 9.43. The Kier molecular flexibility index (Phi) is 4.10. The predicted molar refractivity (Wildman–Crippen MR) is 74.6 cm³/mol. The van der Waals surface area contributed by atoms with Crippen LogP contribution < -0.4 is 15.5 Å². The second kappa shape index (κ2) is 6.16. The van der Waals surface area contributed by atoms with E-state index in [2.05, 4.69) is 25.5 Å². The summed E-state index contributed by atoms with van der Waals surface area (Å²) in [6.07, 6.45) is 6.11. The Hall–Kier alpha value is -1.40. The van der Waals surface area contributed by atoms with Crippen molar-refractivity contribution in [2.45, 2.75) is 18.9 Å². The molecule has 1 aromatic rings. The van der Waals surface area contributed by atoms with E-state index in [1.165, 1.54) is 0 Å². The molecule has 0 aromatic carbocycles. The molecular formula is C13H21N5O. The van der Waals surface area contributed by atoms with E-state index in [1.807, 2.05) is 0 Å². The van der Waals surface area contributed by atoms with Crippen LogP contribution in [0.2, 0.25) is 0 Å². The highest BCUT2D eigenvalue weighted by molar-refractivity contribution is 5.60. The van der Waals surface area contributed by atoms with Gasteiger partial charge in [0.25, 0.3) is 0 Å². The second-order valence-corrected chi connectivity index (χ2v) is 4.98. The summed E-state index contributed by atoms with van der Waals surface area (Å²) in [6.45, 7) is 5.67. The highest BCUT2D eigenvalue weighted by Crippen LogP contribution is 2.21. The van der Waals surface area contributed by atoms with E-state index in [4.69, 9.17) is 4.74 Å². The Balaban J connectivity index is 1.65. The number of rotatable bonds is 4. The predicted octanol–water partition coefficient (Wildman–Crippen LogP) is 0.477. The molecule has 0 spiro atoms. The number of aromatic nitrogens is 2. The maximum Gasteiger partial charge on any atom is 0.171 e. The zero-order chi connectivity index (χ0) is 12.9. The molecule has 6 nitrogen and oxygen atoms in total. The highest BCUT2D eigenvalue weighted by atomic mass is 16.5. The Bertz CT molecular complexity index is 402. The molecule has 0 bridgehead atoms. The highest BCUT2D eigenvalue weighted by Gasteiger charge is 2.19. The average molecular weight is 263 g/mol. The molecule has 0 amide bonds. The summed E-state index contributed by atoms with van der Waals surface area (Å²) in [4.78, 5) is 11.2. The smallest absolute Gasteiger partial charge is 0.171 e. The number of nitrogens with one attached hydrogen (secondary N) is 2. The zero-order valence-corrected chi connectivity index (χ0v) is 11.1. The summed E-state index contributed by atoms with van der Waals surface area (Å²) < 4.78 is 5.63. The van der Waals surface area contributed by atoms with Gasteiger partial charge in [0.1, 0.15) is 0 Å². The van der Waals surface area contributed by atoms with Crippen molar-refractivity contribution >= 4 is 11.6 Å². The Morgan fingerprint density at radius 3 is 2.95 bits per heavy atom. The minimum atomic E-state index is 0.317. The van der Waals surface area contributed by atoms with E-state index in [0.29, 0.717) is 6.10 Å². The van der Waals surface area contributed by atoms with E-state index in [9.17, 15) is 0 Å². The molecule has 0 radical (unpaired) electrons. The largest absolute Gasteiger partial charge is 0.376 e. The van der Waals surface area contributed by atoms with Gasteiger partial charge in [0.05, 0.1) is 6.10 Å². The van der Waals surface area contributed by atoms with E-state index in [1.54, 1.807) is 12.4 Å². The van der Waals surface area contributed by atoms with Crippen molar-refractivity contribution in [1.29, 1.82) is 0 Å². The van der Waals surface area contributed by atoms with Gasteiger partial charge >= 0.3 is 0 Å². The molecule has 2 saturated heterocycles. The Morgan fingerprint density at radius 1 is 1.32 bits per heavy atom. The van der Waals surface area contributed by atoms with Crippen molar-refractivity contribution in [2.24, 2.45) is 0 Å². The fourth-order valence-corrected chi connectivity index (χ4v) is 2.58. The molecule has 1 unspecified atom stereocenters. The second-order valence-electron chi connectivity index (χ2n) is 4.98. The van der Waals surface area contributed by atoms with Crippen molar-refractivity contribution in [3.05, 3.63) is 12.4 Å². The lowest BCUT2D eigenvalue weighted by Gasteiger charge is -2.29. The summed E-state index contributed by atoms with van der Waals surface area (Å²) in [6, 6.07) is 0. The van der Waals surface area contributed by atoms with Crippen LogP contribution in [0.5, 0.6) is 0 Å². The Labute approximate surface area is 113 Å². The normalized spacial score (nSPS) is 23.6. The average Bonchev–Trinajstić information content (AvgIpc) is 3.00. The van der Waals surface area contributed by atoms with Gasteiger partial charge in [0.15, 0.2) is 11.6 Å². The lowest BCUT2D eigenvalue weighted by Crippen LogP contribution is -2.44. The zero-order valence-electron chi connectivity index (χ0n) is 11.1. The van der Waals surface area contributed by atoms with Crippen molar-refractivity contribution in [3.8, 4) is 0 Å². The van der Waals surface area contributed by atoms with Crippen LogP contribution in [-0.4, -0.2) is 55.4 Å². The SMILES string of the molecule is c1cnc(N2CCNCC2)c(NCC2CCCO2)n1. The van der Waals surface area contributed by atoms with E-state index in [0.717, 1.165) is 63.8 Å². The molecule has 1 aromatic heterocycles. The van der Waals surface area contributed by atoms with Crippen LogP contribution in [0.3, 0.4) is 0 Å². The van der Waals surface area contributed by atoms with Crippen LogP contribution in [0.25, 0.3) is 0 Å². The summed E-state index contributed by atoms with van der Waals surface area (Å²) in [5.74, 6) is 1.84. The number of ether oxygens (including phenoxy) is 1. The third-order valence-electron chi connectivity index (χ3n) is 3.62. The first-order valence-corrected chi connectivity index (χ1v) is 7.05. The molecule has 3 rings (SSSR count). The molecule has 104 valence electrons. The van der Waals surface area contributed by atoms with Gasteiger partial charge in [-0.05, 0) is 12.8 Å². The fourth-order valence-electron chi connectivity index (χ4n) is 2.58. The van der Waals surface area contributed by atoms with E-state index < -0.39 is 0 Å². The van der Waals surface area contributed by atoms with Gasteiger partial charge in [-0.1, -0.05) is 0 Å². The summed E-state index contributed by atoms with van der Waals surface area (Å²) in [5, 5.41) is 6.74. The van der Waals surface area contributed by atoms with Gasteiger partial charge in [0, 0.05) is 51.7 Å². The van der Waals surface area contributed by atoms with Crippen LogP contribution in [0.1, 0.15) is 12.8 Å². The third kappa shape index (κ3) is 3.13. The number of nitrogens with zero attached hydrogens (tertiary/aromatic N) is 3. The van der Waals surface area contributed by atoms with Crippen molar-refractivity contribution in [1.82, 2.24) is 15.3 Å². The van der Waals surface area contributed by atoms with E-state index >= 15 is 0 Å². The molecule has 19 heavy (non-hydrogen) atoms. The molecule has 2 N–H and O–H groups in total. The van der Waals surface area contributed by atoms with Crippen LogP contribution >= 0.6 is 0 Å².